The fraction of sp³-hybridized carbons (Fsp3) is 0.292. The van der Waals surface area contributed by atoms with Crippen LogP contribution in [-0.4, -0.2) is 57.6 Å². The van der Waals surface area contributed by atoms with E-state index in [1.165, 1.54) is 41.3 Å². The van der Waals surface area contributed by atoms with Crippen LogP contribution in [0.25, 0.3) is 5.69 Å². The molecule has 0 bridgehead atoms. The smallest absolute Gasteiger partial charge is 0.339 e. The Bertz CT molecular complexity index is 1180. The third kappa shape index (κ3) is 4.95. The van der Waals surface area contributed by atoms with E-state index in [0.29, 0.717) is 5.56 Å². The van der Waals surface area contributed by atoms with Crippen molar-refractivity contribution in [3.8, 4) is 5.69 Å². The van der Waals surface area contributed by atoms with E-state index in [0.717, 1.165) is 16.4 Å². The second-order valence-electron chi connectivity index (χ2n) is 8.13. The zero-order chi connectivity index (χ0) is 24.5. The molecule has 2 heterocycles. The van der Waals surface area contributed by atoms with Crippen LogP contribution in [0.2, 0.25) is 0 Å². The predicted molar refractivity (Wildman–Crippen MR) is 116 cm³/mol. The number of nitrogens with zero attached hydrogens (tertiary/aromatic N) is 4. The first kappa shape index (κ1) is 23.5. The van der Waals surface area contributed by atoms with E-state index in [1.807, 2.05) is 6.92 Å². The molecule has 34 heavy (non-hydrogen) atoms. The Kier molecular flexibility index (Phi) is 6.41. The molecule has 0 unspecified atom stereocenters. The summed E-state index contributed by atoms with van der Waals surface area (Å²) in [4.78, 5) is 28.4. The molecule has 1 aliphatic rings. The second kappa shape index (κ2) is 9.28. The van der Waals surface area contributed by atoms with Gasteiger partial charge < -0.3 is 9.80 Å². The number of carbonyl (C=O) groups is 2. The third-order valence-electron chi connectivity index (χ3n) is 5.73. The monoisotopic (exact) mass is 474 g/mol. The minimum Gasteiger partial charge on any atom is -0.339 e. The van der Waals surface area contributed by atoms with Crippen LogP contribution < -0.4 is 0 Å². The van der Waals surface area contributed by atoms with Gasteiger partial charge in [-0.3, -0.25) is 9.59 Å². The highest BCUT2D eigenvalue weighted by molar-refractivity contribution is 5.95. The molecule has 2 aromatic carbocycles. The van der Waals surface area contributed by atoms with Crippen LogP contribution in [0, 0.1) is 12.7 Å². The lowest BCUT2D eigenvalue weighted by Crippen LogP contribution is -2.51. The largest absolute Gasteiger partial charge is 0.434 e. The van der Waals surface area contributed by atoms with Crippen molar-refractivity contribution in [3.63, 3.8) is 0 Å². The summed E-state index contributed by atoms with van der Waals surface area (Å²) in [6.07, 6.45) is -3.77. The molecule has 4 rings (SSSR count). The summed E-state index contributed by atoms with van der Waals surface area (Å²) in [5.74, 6) is -1.37. The van der Waals surface area contributed by atoms with Crippen molar-refractivity contribution in [1.29, 1.82) is 0 Å². The third-order valence-corrected chi connectivity index (χ3v) is 5.73. The Morgan fingerprint density at radius 3 is 2.09 bits per heavy atom. The first-order chi connectivity index (χ1) is 16.1. The Labute approximate surface area is 193 Å². The molecule has 1 aromatic heterocycles. The van der Waals surface area contributed by atoms with Crippen molar-refractivity contribution in [3.05, 3.63) is 82.9 Å². The zero-order valence-electron chi connectivity index (χ0n) is 18.3. The van der Waals surface area contributed by atoms with Crippen molar-refractivity contribution in [1.82, 2.24) is 19.6 Å². The average Bonchev–Trinajstić information content (AvgIpc) is 3.26. The topological polar surface area (TPSA) is 58.4 Å². The SMILES string of the molecule is Cc1ccc(-n2ncc(C(=O)N3CCN(C(=O)Cc4ccc(F)cc4)CC3)c2C(F)(F)F)cc1. The molecular weight excluding hydrogens is 452 g/mol. The summed E-state index contributed by atoms with van der Waals surface area (Å²) in [6.45, 7) is 2.40. The summed E-state index contributed by atoms with van der Waals surface area (Å²) < 4.78 is 55.6. The van der Waals surface area contributed by atoms with E-state index in [-0.39, 0.29) is 44.2 Å². The molecule has 0 radical (unpaired) electrons. The number of hydrogen-bond donors (Lipinski definition) is 0. The van der Waals surface area contributed by atoms with E-state index < -0.39 is 29.2 Å². The van der Waals surface area contributed by atoms with Gasteiger partial charge >= 0.3 is 6.18 Å². The lowest BCUT2D eigenvalue weighted by atomic mass is 10.1. The van der Waals surface area contributed by atoms with E-state index in [9.17, 15) is 27.2 Å². The van der Waals surface area contributed by atoms with Crippen molar-refractivity contribution in [2.24, 2.45) is 0 Å². The molecule has 1 fully saturated rings. The molecule has 0 aliphatic carbocycles. The number of benzene rings is 2. The van der Waals surface area contributed by atoms with Crippen LogP contribution in [0.1, 0.15) is 27.2 Å². The number of alkyl halides is 3. The summed E-state index contributed by atoms with van der Waals surface area (Å²) in [5.41, 5.74) is 0.0828. The maximum atomic E-state index is 13.9. The minimum atomic E-state index is -4.79. The molecule has 10 heteroatoms. The molecule has 178 valence electrons. The Morgan fingerprint density at radius 2 is 1.50 bits per heavy atom. The van der Waals surface area contributed by atoms with Gasteiger partial charge in [0.15, 0.2) is 5.69 Å². The number of rotatable bonds is 4. The summed E-state index contributed by atoms with van der Waals surface area (Å²) >= 11 is 0. The van der Waals surface area contributed by atoms with Crippen LogP contribution in [0.5, 0.6) is 0 Å². The second-order valence-corrected chi connectivity index (χ2v) is 8.13. The van der Waals surface area contributed by atoms with Gasteiger partial charge in [0, 0.05) is 26.2 Å². The zero-order valence-corrected chi connectivity index (χ0v) is 18.3. The van der Waals surface area contributed by atoms with E-state index in [2.05, 4.69) is 5.10 Å². The number of amides is 2. The van der Waals surface area contributed by atoms with Gasteiger partial charge in [0.1, 0.15) is 5.82 Å². The molecule has 6 nitrogen and oxygen atoms in total. The minimum absolute atomic E-state index is 0.0791. The molecule has 1 aliphatic heterocycles. The first-order valence-electron chi connectivity index (χ1n) is 10.7. The highest BCUT2D eigenvalue weighted by atomic mass is 19.4. The fourth-order valence-electron chi connectivity index (χ4n) is 3.88. The molecule has 0 saturated carbocycles. The molecule has 1 saturated heterocycles. The average molecular weight is 474 g/mol. The molecule has 0 atom stereocenters. The van der Waals surface area contributed by atoms with Gasteiger partial charge in [-0.15, -0.1) is 0 Å². The maximum absolute atomic E-state index is 13.9. The lowest BCUT2D eigenvalue weighted by molar-refractivity contribution is -0.143. The summed E-state index contributed by atoms with van der Waals surface area (Å²) in [5, 5.41) is 3.85. The number of carbonyl (C=O) groups excluding carboxylic acids is 2. The number of piperazine rings is 1. The number of halogens is 4. The Balaban J connectivity index is 1.47. The highest BCUT2D eigenvalue weighted by Crippen LogP contribution is 2.34. The molecule has 2 amide bonds. The van der Waals surface area contributed by atoms with E-state index in [1.54, 1.807) is 17.0 Å². The lowest BCUT2D eigenvalue weighted by Gasteiger charge is -2.35. The van der Waals surface area contributed by atoms with Crippen molar-refractivity contribution in [2.45, 2.75) is 19.5 Å². The quantitative estimate of drug-likeness (QED) is 0.540. The maximum Gasteiger partial charge on any atom is 0.434 e. The fourth-order valence-corrected chi connectivity index (χ4v) is 3.88. The summed E-state index contributed by atoms with van der Waals surface area (Å²) in [7, 11) is 0. The molecule has 3 aromatic rings. The van der Waals surface area contributed by atoms with E-state index in [4.69, 9.17) is 0 Å². The number of aromatic nitrogens is 2. The molecular formula is C24H22F4N4O2. The van der Waals surface area contributed by atoms with Gasteiger partial charge in [0.25, 0.3) is 5.91 Å². The molecule has 0 N–H and O–H groups in total. The van der Waals surface area contributed by atoms with Crippen LogP contribution in [0.15, 0.2) is 54.7 Å². The van der Waals surface area contributed by atoms with Crippen molar-refractivity contribution < 1.29 is 27.2 Å². The van der Waals surface area contributed by atoms with Gasteiger partial charge in [-0.05, 0) is 36.8 Å². The van der Waals surface area contributed by atoms with Crippen molar-refractivity contribution >= 4 is 11.8 Å². The van der Waals surface area contributed by atoms with Gasteiger partial charge in [-0.2, -0.15) is 18.3 Å². The van der Waals surface area contributed by atoms with Crippen LogP contribution in [0.4, 0.5) is 17.6 Å². The number of aryl methyl sites for hydroxylation is 1. The van der Waals surface area contributed by atoms with Gasteiger partial charge in [-0.25, -0.2) is 9.07 Å². The van der Waals surface area contributed by atoms with Crippen molar-refractivity contribution in [2.75, 3.05) is 26.2 Å². The first-order valence-corrected chi connectivity index (χ1v) is 10.7. The Hall–Kier alpha value is -3.69. The Morgan fingerprint density at radius 1 is 0.912 bits per heavy atom. The van der Waals surface area contributed by atoms with Gasteiger partial charge in [0.05, 0.1) is 23.9 Å². The predicted octanol–water partition coefficient (Wildman–Crippen LogP) is 3.87. The van der Waals surface area contributed by atoms with Crippen LogP contribution in [-0.2, 0) is 17.4 Å². The van der Waals surface area contributed by atoms with Crippen LogP contribution in [0.3, 0.4) is 0 Å². The highest BCUT2D eigenvalue weighted by Gasteiger charge is 2.41. The normalized spacial score (nSPS) is 14.4. The summed E-state index contributed by atoms with van der Waals surface area (Å²) in [6, 6.07) is 12.0. The van der Waals surface area contributed by atoms with E-state index >= 15 is 0 Å². The van der Waals surface area contributed by atoms with Gasteiger partial charge in [-0.1, -0.05) is 29.8 Å². The van der Waals surface area contributed by atoms with Crippen LogP contribution >= 0.6 is 0 Å². The number of hydrogen-bond acceptors (Lipinski definition) is 3. The molecule has 0 spiro atoms. The standard InChI is InChI=1S/C24H22F4N4O2/c1-16-2-8-19(9-3-16)32-22(24(26,27)28)20(15-29-32)23(34)31-12-10-30(11-13-31)21(33)14-17-4-6-18(25)7-5-17/h2-9,15H,10-14H2,1H3. The van der Waals surface area contributed by atoms with Gasteiger partial charge in [0.2, 0.25) is 5.91 Å².